The number of fused-ring (bicyclic) bond motifs is 1. The minimum Gasteiger partial charge on any atom is -0.294 e. The fourth-order valence-electron chi connectivity index (χ4n) is 2.82. The molecule has 0 amide bonds. The third kappa shape index (κ3) is 2.51. The van der Waals surface area contributed by atoms with Gasteiger partial charge in [0, 0.05) is 22.3 Å². The number of pyridine rings is 1. The highest BCUT2D eigenvalue weighted by atomic mass is 35.5. The van der Waals surface area contributed by atoms with Gasteiger partial charge in [0.2, 0.25) is 0 Å². The molecule has 0 spiro atoms. The number of hydrogen-bond donors (Lipinski definition) is 0. The fraction of sp³-hybridized carbons (Fsp3) is 0.0500. The van der Waals surface area contributed by atoms with Crippen molar-refractivity contribution < 1.29 is 0 Å². The SMILES string of the molecule is Cc1ccc(-n2c(-c3ccc(Cl)cc3)cc3cccnc32)cc1. The minimum absolute atomic E-state index is 0.741. The molecular weight excluding hydrogens is 304 g/mol. The molecule has 2 aromatic carbocycles. The van der Waals surface area contributed by atoms with Crippen LogP contribution in [0.25, 0.3) is 28.0 Å². The Bertz CT molecular complexity index is 967. The van der Waals surface area contributed by atoms with Crippen LogP contribution in [0.15, 0.2) is 72.9 Å². The van der Waals surface area contributed by atoms with Gasteiger partial charge in [0.05, 0.1) is 5.69 Å². The molecule has 3 heteroatoms. The Morgan fingerprint density at radius 1 is 0.913 bits per heavy atom. The lowest BCUT2D eigenvalue weighted by Crippen LogP contribution is -1.98. The Labute approximate surface area is 140 Å². The van der Waals surface area contributed by atoms with E-state index in [0.29, 0.717) is 0 Å². The Morgan fingerprint density at radius 3 is 2.39 bits per heavy atom. The van der Waals surface area contributed by atoms with E-state index in [1.807, 2.05) is 36.5 Å². The van der Waals surface area contributed by atoms with E-state index in [9.17, 15) is 0 Å². The molecule has 0 fully saturated rings. The van der Waals surface area contributed by atoms with Crippen LogP contribution in [0.4, 0.5) is 0 Å². The maximum Gasteiger partial charge on any atom is 0.144 e. The highest BCUT2D eigenvalue weighted by Gasteiger charge is 2.13. The minimum atomic E-state index is 0.741. The summed E-state index contributed by atoms with van der Waals surface area (Å²) in [5.41, 5.74) is 5.54. The van der Waals surface area contributed by atoms with Crippen LogP contribution < -0.4 is 0 Å². The average Bonchev–Trinajstić information content (AvgIpc) is 2.96. The summed E-state index contributed by atoms with van der Waals surface area (Å²) in [6.45, 7) is 2.09. The summed E-state index contributed by atoms with van der Waals surface area (Å²) < 4.78 is 2.19. The quantitative estimate of drug-likeness (QED) is 0.466. The van der Waals surface area contributed by atoms with E-state index in [4.69, 9.17) is 11.6 Å². The predicted molar refractivity (Wildman–Crippen MR) is 96.3 cm³/mol. The number of rotatable bonds is 2. The second kappa shape index (κ2) is 5.56. The molecular formula is C20H15ClN2. The molecule has 0 saturated heterocycles. The topological polar surface area (TPSA) is 17.8 Å². The second-order valence-electron chi connectivity index (χ2n) is 5.62. The number of nitrogens with zero attached hydrogens (tertiary/aromatic N) is 2. The molecule has 0 aliphatic heterocycles. The Kier molecular flexibility index (Phi) is 3.40. The van der Waals surface area contributed by atoms with Crippen LogP contribution in [0.3, 0.4) is 0 Å². The van der Waals surface area contributed by atoms with Gasteiger partial charge in [0.25, 0.3) is 0 Å². The summed E-state index contributed by atoms with van der Waals surface area (Å²) >= 11 is 6.03. The molecule has 0 unspecified atom stereocenters. The molecule has 0 saturated carbocycles. The molecule has 0 atom stereocenters. The molecule has 2 aromatic heterocycles. The Balaban J connectivity index is 2.01. The molecule has 0 N–H and O–H groups in total. The number of benzene rings is 2. The molecule has 0 aliphatic rings. The van der Waals surface area contributed by atoms with E-state index < -0.39 is 0 Å². The first-order chi connectivity index (χ1) is 11.2. The van der Waals surface area contributed by atoms with Crippen molar-refractivity contribution in [1.29, 1.82) is 0 Å². The zero-order chi connectivity index (χ0) is 15.8. The van der Waals surface area contributed by atoms with Crippen LogP contribution in [0.2, 0.25) is 5.02 Å². The van der Waals surface area contributed by atoms with Gasteiger partial charge in [-0.25, -0.2) is 4.98 Å². The van der Waals surface area contributed by atoms with Crippen LogP contribution in [-0.2, 0) is 0 Å². The molecule has 0 bridgehead atoms. The van der Waals surface area contributed by atoms with Gasteiger partial charge in [-0.05, 0) is 55.0 Å². The summed E-state index contributed by atoms with van der Waals surface area (Å²) in [6, 6.07) is 22.6. The second-order valence-corrected chi connectivity index (χ2v) is 6.06. The van der Waals surface area contributed by atoms with E-state index in [-0.39, 0.29) is 0 Å². The van der Waals surface area contributed by atoms with E-state index in [1.165, 1.54) is 5.56 Å². The lowest BCUT2D eigenvalue weighted by molar-refractivity contribution is 1.10. The van der Waals surface area contributed by atoms with Crippen LogP contribution >= 0.6 is 11.6 Å². The third-order valence-corrected chi connectivity index (χ3v) is 4.25. The van der Waals surface area contributed by atoms with Crippen LogP contribution in [0.5, 0.6) is 0 Å². The number of halogens is 1. The van der Waals surface area contributed by atoms with Crippen molar-refractivity contribution in [1.82, 2.24) is 9.55 Å². The Hall–Kier alpha value is -2.58. The molecule has 0 radical (unpaired) electrons. The Morgan fingerprint density at radius 2 is 1.65 bits per heavy atom. The molecule has 4 rings (SSSR count). The van der Waals surface area contributed by atoms with Crippen molar-refractivity contribution in [2.45, 2.75) is 6.92 Å². The van der Waals surface area contributed by atoms with Crippen molar-refractivity contribution in [2.24, 2.45) is 0 Å². The first-order valence-corrected chi connectivity index (χ1v) is 7.89. The fourth-order valence-corrected chi connectivity index (χ4v) is 2.95. The summed E-state index contributed by atoms with van der Waals surface area (Å²) in [7, 11) is 0. The highest BCUT2D eigenvalue weighted by molar-refractivity contribution is 6.30. The zero-order valence-corrected chi connectivity index (χ0v) is 13.5. The summed E-state index contributed by atoms with van der Waals surface area (Å²) in [4.78, 5) is 4.58. The first kappa shape index (κ1) is 14.0. The number of hydrogen-bond acceptors (Lipinski definition) is 1. The predicted octanol–water partition coefficient (Wildman–Crippen LogP) is 5.65. The van der Waals surface area contributed by atoms with Crippen molar-refractivity contribution in [2.75, 3.05) is 0 Å². The van der Waals surface area contributed by atoms with Crippen LogP contribution in [0, 0.1) is 6.92 Å². The standard InChI is InChI=1S/C20H15ClN2/c1-14-4-10-18(11-5-14)23-19(15-6-8-17(21)9-7-15)13-16-3-2-12-22-20(16)23/h2-13H,1H3. The van der Waals surface area contributed by atoms with Crippen molar-refractivity contribution in [3.05, 3.63) is 83.5 Å². The zero-order valence-electron chi connectivity index (χ0n) is 12.7. The normalized spacial score (nSPS) is 11.0. The molecule has 23 heavy (non-hydrogen) atoms. The first-order valence-electron chi connectivity index (χ1n) is 7.52. The molecule has 0 aliphatic carbocycles. The average molecular weight is 319 g/mol. The van der Waals surface area contributed by atoms with E-state index in [2.05, 4.69) is 52.9 Å². The van der Waals surface area contributed by atoms with Gasteiger partial charge in [0.15, 0.2) is 0 Å². The van der Waals surface area contributed by atoms with Gasteiger partial charge < -0.3 is 0 Å². The van der Waals surface area contributed by atoms with Gasteiger partial charge >= 0.3 is 0 Å². The van der Waals surface area contributed by atoms with E-state index in [1.54, 1.807) is 0 Å². The smallest absolute Gasteiger partial charge is 0.144 e. The molecule has 2 heterocycles. The van der Waals surface area contributed by atoms with Gasteiger partial charge in [-0.15, -0.1) is 0 Å². The van der Waals surface area contributed by atoms with Crippen LogP contribution in [-0.4, -0.2) is 9.55 Å². The van der Waals surface area contributed by atoms with Gasteiger partial charge in [-0.1, -0.05) is 41.4 Å². The van der Waals surface area contributed by atoms with Crippen molar-refractivity contribution in [3.63, 3.8) is 0 Å². The van der Waals surface area contributed by atoms with Gasteiger partial charge in [-0.3, -0.25) is 4.57 Å². The summed E-state index contributed by atoms with van der Waals surface area (Å²) in [5.74, 6) is 0. The van der Waals surface area contributed by atoms with Gasteiger partial charge in [0.1, 0.15) is 5.65 Å². The van der Waals surface area contributed by atoms with Crippen LogP contribution in [0.1, 0.15) is 5.56 Å². The van der Waals surface area contributed by atoms with E-state index >= 15 is 0 Å². The van der Waals surface area contributed by atoms with E-state index in [0.717, 1.165) is 33.0 Å². The van der Waals surface area contributed by atoms with Crippen molar-refractivity contribution >= 4 is 22.6 Å². The summed E-state index contributed by atoms with van der Waals surface area (Å²) in [6.07, 6.45) is 1.83. The highest BCUT2D eigenvalue weighted by Crippen LogP contribution is 2.31. The largest absolute Gasteiger partial charge is 0.294 e. The maximum absolute atomic E-state index is 6.03. The maximum atomic E-state index is 6.03. The number of aromatic nitrogens is 2. The van der Waals surface area contributed by atoms with Gasteiger partial charge in [-0.2, -0.15) is 0 Å². The molecule has 112 valence electrons. The monoisotopic (exact) mass is 318 g/mol. The lowest BCUT2D eigenvalue weighted by atomic mass is 10.1. The number of aryl methyl sites for hydroxylation is 1. The summed E-state index contributed by atoms with van der Waals surface area (Å²) in [5, 5.41) is 1.86. The van der Waals surface area contributed by atoms with Crippen molar-refractivity contribution in [3.8, 4) is 16.9 Å². The molecule has 2 nitrogen and oxygen atoms in total. The lowest BCUT2D eigenvalue weighted by Gasteiger charge is -2.11. The molecule has 4 aromatic rings. The third-order valence-electron chi connectivity index (χ3n) is 3.99.